The highest BCUT2D eigenvalue weighted by atomic mass is 14.3. The molecule has 2 aliphatic carbocycles. The summed E-state index contributed by atoms with van der Waals surface area (Å²) in [6, 6.07) is 0. The van der Waals surface area contributed by atoms with E-state index in [4.69, 9.17) is 0 Å². The van der Waals surface area contributed by atoms with Gasteiger partial charge in [-0.1, -0.05) is 84.0 Å². The van der Waals surface area contributed by atoms with Crippen molar-refractivity contribution >= 4 is 0 Å². The van der Waals surface area contributed by atoms with Crippen LogP contribution in [0.1, 0.15) is 90.4 Å². The second-order valence-electron chi connectivity index (χ2n) is 6.82. The quantitative estimate of drug-likeness (QED) is 0.531. The molecular formula is C17H32. The molecule has 1 unspecified atom stereocenters. The predicted octanol–water partition coefficient (Wildman–Crippen LogP) is 5.95. The maximum Gasteiger partial charge on any atom is -0.0388 e. The van der Waals surface area contributed by atoms with Crippen LogP contribution in [0.5, 0.6) is 0 Å². The molecule has 0 amide bonds. The Hall–Kier alpha value is 0. The zero-order chi connectivity index (χ0) is 11.9. The van der Waals surface area contributed by atoms with Gasteiger partial charge >= 0.3 is 0 Å². The van der Waals surface area contributed by atoms with Crippen LogP contribution in [0.25, 0.3) is 0 Å². The summed E-state index contributed by atoms with van der Waals surface area (Å²) in [5, 5.41) is 0. The van der Waals surface area contributed by atoms with Crippen molar-refractivity contribution in [3.05, 3.63) is 0 Å². The summed E-state index contributed by atoms with van der Waals surface area (Å²) in [5.74, 6) is 3.16. The summed E-state index contributed by atoms with van der Waals surface area (Å²) in [6.45, 7) is 2.56. The maximum absolute atomic E-state index is 2.56. The van der Waals surface area contributed by atoms with E-state index in [9.17, 15) is 0 Å². The van der Waals surface area contributed by atoms with Gasteiger partial charge in [-0.15, -0.1) is 0 Å². The van der Waals surface area contributed by atoms with Crippen LogP contribution in [-0.4, -0.2) is 0 Å². The summed E-state index contributed by atoms with van der Waals surface area (Å²) >= 11 is 0. The molecule has 2 aliphatic rings. The molecule has 0 aromatic heterocycles. The fraction of sp³-hybridized carbons (Fsp3) is 1.00. The zero-order valence-electron chi connectivity index (χ0n) is 11.9. The first-order chi connectivity index (χ1) is 8.36. The highest BCUT2D eigenvalue weighted by Gasteiger charge is 2.22. The maximum atomic E-state index is 2.56. The van der Waals surface area contributed by atoms with Crippen molar-refractivity contribution in [1.29, 1.82) is 0 Å². The molecule has 2 fully saturated rings. The van der Waals surface area contributed by atoms with Gasteiger partial charge in [0.2, 0.25) is 0 Å². The molecule has 1 atom stereocenters. The van der Waals surface area contributed by atoms with E-state index >= 15 is 0 Å². The molecule has 0 aromatic carbocycles. The van der Waals surface area contributed by atoms with Gasteiger partial charge in [-0.05, 0) is 24.2 Å². The van der Waals surface area contributed by atoms with Crippen molar-refractivity contribution in [2.45, 2.75) is 90.4 Å². The first-order valence-corrected chi connectivity index (χ1v) is 8.36. The van der Waals surface area contributed by atoms with Crippen LogP contribution in [0.4, 0.5) is 0 Å². The van der Waals surface area contributed by atoms with Crippen molar-refractivity contribution in [2.75, 3.05) is 0 Å². The Morgan fingerprint density at radius 1 is 0.706 bits per heavy atom. The standard InChI is InChI=1S/C17H32/c1-15(17-12-8-4-5-9-13-17)14-16-10-6-2-3-7-11-16/h15-17H,2-14H2,1H3. The second-order valence-corrected chi connectivity index (χ2v) is 6.82. The average Bonchev–Trinajstić information content (AvgIpc) is 2.72. The fourth-order valence-corrected chi connectivity index (χ4v) is 4.20. The summed E-state index contributed by atoms with van der Waals surface area (Å²) in [4.78, 5) is 0. The lowest BCUT2D eigenvalue weighted by Gasteiger charge is -2.26. The van der Waals surface area contributed by atoms with E-state index in [1.807, 2.05) is 0 Å². The molecule has 0 heteroatoms. The molecule has 0 bridgehead atoms. The van der Waals surface area contributed by atoms with Gasteiger partial charge in [-0.3, -0.25) is 0 Å². The van der Waals surface area contributed by atoms with E-state index in [1.54, 1.807) is 6.42 Å². The van der Waals surface area contributed by atoms with Crippen LogP contribution in [0.15, 0.2) is 0 Å². The van der Waals surface area contributed by atoms with Crippen LogP contribution in [-0.2, 0) is 0 Å². The summed E-state index contributed by atoms with van der Waals surface area (Å²) < 4.78 is 0. The first-order valence-electron chi connectivity index (χ1n) is 8.36. The lowest BCUT2D eigenvalue weighted by atomic mass is 9.80. The van der Waals surface area contributed by atoms with Gasteiger partial charge in [-0.2, -0.15) is 0 Å². The Bertz CT molecular complexity index is 180. The van der Waals surface area contributed by atoms with E-state index in [1.165, 1.54) is 77.0 Å². The van der Waals surface area contributed by atoms with E-state index in [2.05, 4.69) is 6.92 Å². The van der Waals surface area contributed by atoms with E-state index in [0.717, 1.165) is 17.8 Å². The molecule has 0 radical (unpaired) electrons. The summed E-state index contributed by atoms with van der Waals surface area (Å²) in [7, 11) is 0. The molecule has 17 heavy (non-hydrogen) atoms. The largest absolute Gasteiger partial charge is 0.0622 e. The lowest BCUT2D eigenvalue weighted by molar-refractivity contribution is 0.250. The molecule has 2 saturated carbocycles. The van der Waals surface area contributed by atoms with Crippen LogP contribution in [0.2, 0.25) is 0 Å². The van der Waals surface area contributed by atoms with Gasteiger partial charge < -0.3 is 0 Å². The van der Waals surface area contributed by atoms with E-state index in [-0.39, 0.29) is 0 Å². The minimum atomic E-state index is 1.01. The van der Waals surface area contributed by atoms with Gasteiger partial charge in [-0.25, -0.2) is 0 Å². The minimum absolute atomic E-state index is 1.01. The number of hydrogen-bond acceptors (Lipinski definition) is 0. The lowest BCUT2D eigenvalue weighted by Crippen LogP contribution is -2.15. The molecule has 0 N–H and O–H groups in total. The molecule has 0 spiro atoms. The van der Waals surface area contributed by atoms with Gasteiger partial charge in [0, 0.05) is 0 Å². The van der Waals surface area contributed by atoms with Crippen molar-refractivity contribution in [3.63, 3.8) is 0 Å². The van der Waals surface area contributed by atoms with Gasteiger partial charge in [0.05, 0.1) is 0 Å². The SMILES string of the molecule is CC(CC1CCCCCC1)C1CCCCCC1. The zero-order valence-corrected chi connectivity index (χ0v) is 11.9. The molecule has 2 rings (SSSR count). The molecule has 0 heterocycles. The molecule has 0 saturated heterocycles. The van der Waals surface area contributed by atoms with Crippen LogP contribution in [0.3, 0.4) is 0 Å². The molecule has 100 valence electrons. The van der Waals surface area contributed by atoms with Crippen LogP contribution >= 0.6 is 0 Å². The minimum Gasteiger partial charge on any atom is -0.0622 e. The van der Waals surface area contributed by atoms with E-state index < -0.39 is 0 Å². The first kappa shape index (κ1) is 13.4. The Kier molecular flexibility index (Phi) is 5.88. The number of rotatable bonds is 3. The fourth-order valence-electron chi connectivity index (χ4n) is 4.20. The Morgan fingerprint density at radius 2 is 1.18 bits per heavy atom. The number of hydrogen-bond donors (Lipinski definition) is 0. The highest BCUT2D eigenvalue weighted by molar-refractivity contribution is 4.74. The summed E-state index contributed by atoms with van der Waals surface area (Å²) in [6.07, 6.45) is 19.8. The molecular weight excluding hydrogens is 204 g/mol. The Labute approximate surface area is 109 Å². The smallest absolute Gasteiger partial charge is 0.0388 e. The molecule has 0 aliphatic heterocycles. The van der Waals surface area contributed by atoms with Gasteiger partial charge in [0.15, 0.2) is 0 Å². The Morgan fingerprint density at radius 3 is 1.71 bits per heavy atom. The monoisotopic (exact) mass is 236 g/mol. The second kappa shape index (κ2) is 7.44. The van der Waals surface area contributed by atoms with Crippen LogP contribution < -0.4 is 0 Å². The van der Waals surface area contributed by atoms with Crippen molar-refractivity contribution in [1.82, 2.24) is 0 Å². The predicted molar refractivity (Wildman–Crippen MR) is 76.2 cm³/mol. The average molecular weight is 236 g/mol. The van der Waals surface area contributed by atoms with Crippen molar-refractivity contribution in [2.24, 2.45) is 17.8 Å². The summed E-state index contributed by atoms with van der Waals surface area (Å²) in [5.41, 5.74) is 0. The molecule has 0 nitrogen and oxygen atoms in total. The Balaban J connectivity index is 1.75. The van der Waals surface area contributed by atoms with E-state index in [0.29, 0.717) is 0 Å². The highest BCUT2D eigenvalue weighted by Crippen LogP contribution is 2.35. The van der Waals surface area contributed by atoms with Crippen LogP contribution in [0, 0.1) is 17.8 Å². The van der Waals surface area contributed by atoms with Gasteiger partial charge in [0.1, 0.15) is 0 Å². The third-order valence-electron chi connectivity index (χ3n) is 5.38. The third kappa shape index (κ3) is 4.64. The topological polar surface area (TPSA) is 0 Å². The normalized spacial score (nSPS) is 27.4. The molecule has 0 aromatic rings. The van der Waals surface area contributed by atoms with Crippen molar-refractivity contribution in [3.8, 4) is 0 Å². The van der Waals surface area contributed by atoms with Crippen molar-refractivity contribution < 1.29 is 0 Å². The third-order valence-corrected chi connectivity index (χ3v) is 5.38. The van der Waals surface area contributed by atoms with Gasteiger partial charge in [0.25, 0.3) is 0 Å².